The fourth-order valence-electron chi connectivity index (χ4n) is 0.831. The van der Waals surface area contributed by atoms with Gasteiger partial charge in [-0.1, -0.05) is 20.8 Å². The van der Waals surface area contributed by atoms with E-state index in [2.05, 4.69) is 12.2 Å². The third-order valence-electron chi connectivity index (χ3n) is 1.38. The fraction of sp³-hybridized carbons (Fsp3) is 0.889. The third-order valence-corrected chi connectivity index (χ3v) is 1.38. The van der Waals surface area contributed by atoms with Gasteiger partial charge in [-0.15, -0.1) is 0 Å². The second kappa shape index (κ2) is 10.3. The number of nitrogens with one attached hydrogen (secondary N) is 1. The number of hydrogen-bond acceptors (Lipinski definition) is 1. The normalized spacial score (nSPS) is 8.08. The Labute approximate surface area is 76.1 Å². The van der Waals surface area contributed by atoms with Crippen LogP contribution in [-0.2, 0) is 0 Å². The minimum absolute atomic E-state index is 0.0179. The molecule has 0 spiro atoms. The summed E-state index contributed by atoms with van der Waals surface area (Å²) in [5.74, 6) is 0. The van der Waals surface area contributed by atoms with Crippen molar-refractivity contribution in [2.75, 3.05) is 20.1 Å². The van der Waals surface area contributed by atoms with E-state index in [4.69, 9.17) is 0 Å². The summed E-state index contributed by atoms with van der Waals surface area (Å²) >= 11 is 0. The van der Waals surface area contributed by atoms with Crippen molar-refractivity contribution in [2.45, 2.75) is 34.1 Å². The molecule has 0 saturated heterocycles. The molecule has 0 aromatic rings. The van der Waals surface area contributed by atoms with Crippen molar-refractivity contribution in [3.63, 3.8) is 0 Å². The van der Waals surface area contributed by atoms with Gasteiger partial charge in [0.05, 0.1) is 0 Å². The lowest BCUT2D eigenvalue weighted by atomic mass is 10.4. The quantitative estimate of drug-likeness (QED) is 0.698. The standard InChI is InChI=1S/C7H16N2O.C2H6/c1-4-6-9(5-2)7(10)8-3;1-2/h4-6H2,1-3H3,(H,8,10);1-2H3. The molecule has 3 heteroatoms. The molecule has 0 aromatic carbocycles. The van der Waals surface area contributed by atoms with Crippen LogP contribution in [0, 0.1) is 0 Å². The highest BCUT2D eigenvalue weighted by atomic mass is 16.2. The number of hydrogen-bond donors (Lipinski definition) is 1. The monoisotopic (exact) mass is 174 g/mol. The van der Waals surface area contributed by atoms with Crippen LogP contribution in [-0.4, -0.2) is 31.1 Å². The molecule has 0 unspecified atom stereocenters. The molecule has 0 rings (SSSR count). The van der Waals surface area contributed by atoms with E-state index in [-0.39, 0.29) is 6.03 Å². The van der Waals surface area contributed by atoms with Crippen LogP contribution in [0.5, 0.6) is 0 Å². The highest BCUT2D eigenvalue weighted by Crippen LogP contribution is 1.90. The highest BCUT2D eigenvalue weighted by Gasteiger charge is 2.05. The van der Waals surface area contributed by atoms with Gasteiger partial charge in [0.25, 0.3) is 0 Å². The van der Waals surface area contributed by atoms with Crippen LogP contribution in [0.4, 0.5) is 4.79 Å². The van der Waals surface area contributed by atoms with Crippen LogP contribution in [0.15, 0.2) is 0 Å². The topological polar surface area (TPSA) is 32.3 Å². The van der Waals surface area contributed by atoms with Crippen LogP contribution in [0.1, 0.15) is 34.1 Å². The lowest BCUT2D eigenvalue weighted by Gasteiger charge is -2.18. The van der Waals surface area contributed by atoms with Gasteiger partial charge in [-0.25, -0.2) is 4.79 Å². The molecule has 0 radical (unpaired) electrons. The summed E-state index contributed by atoms with van der Waals surface area (Å²) in [5.41, 5.74) is 0. The summed E-state index contributed by atoms with van der Waals surface area (Å²) in [6.07, 6.45) is 1.02. The van der Waals surface area contributed by atoms with Crippen molar-refractivity contribution in [3.8, 4) is 0 Å². The Morgan fingerprint density at radius 1 is 1.33 bits per heavy atom. The molecule has 74 valence electrons. The number of nitrogens with zero attached hydrogens (tertiary/aromatic N) is 1. The Hall–Kier alpha value is -0.730. The second-order valence-corrected chi connectivity index (χ2v) is 2.13. The molecular formula is C9H22N2O. The van der Waals surface area contributed by atoms with Gasteiger partial charge in [0.15, 0.2) is 0 Å². The van der Waals surface area contributed by atoms with Crippen LogP contribution < -0.4 is 5.32 Å². The second-order valence-electron chi connectivity index (χ2n) is 2.13. The van der Waals surface area contributed by atoms with Gasteiger partial charge in [0.1, 0.15) is 0 Å². The first-order chi connectivity index (χ1) is 5.76. The lowest BCUT2D eigenvalue weighted by Crippen LogP contribution is -2.38. The number of carbonyl (C=O) groups is 1. The Kier molecular flexibility index (Phi) is 11.8. The fourth-order valence-corrected chi connectivity index (χ4v) is 0.831. The van der Waals surface area contributed by atoms with Crippen molar-refractivity contribution in [1.29, 1.82) is 0 Å². The van der Waals surface area contributed by atoms with Crippen LogP contribution in [0.25, 0.3) is 0 Å². The van der Waals surface area contributed by atoms with E-state index >= 15 is 0 Å². The summed E-state index contributed by atoms with van der Waals surface area (Å²) in [7, 11) is 1.65. The van der Waals surface area contributed by atoms with E-state index in [1.165, 1.54) is 0 Å². The molecule has 3 nitrogen and oxygen atoms in total. The zero-order valence-electron chi connectivity index (χ0n) is 8.98. The first-order valence-electron chi connectivity index (χ1n) is 4.72. The Bertz CT molecular complexity index is 105. The smallest absolute Gasteiger partial charge is 0.317 e. The van der Waals surface area contributed by atoms with E-state index < -0.39 is 0 Å². The molecule has 0 saturated carbocycles. The largest absolute Gasteiger partial charge is 0.341 e. The minimum Gasteiger partial charge on any atom is -0.341 e. The molecule has 0 aliphatic carbocycles. The third kappa shape index (κ3) is 6.01. The average molecular weight is 174 g/mol. The van der Waals surface area contributed by atoms with E-state index in [9.17, 15) is 4.79 Å². The zero-order valence-corrected chi connectivity index (χ0v) is 8.98. The number of carbonyl (C=O) groups excluding carboxylic acids is 1. The first kappa shape index (κ1) is 13.8. The Morgan fingerprint density at radius 2 is 1.83 bits per heavy atom. The molecule has 0 aliphatic heterocycles. The van der Waals surface area contributed by atoms with E-state index in [0.29, 0.717) is 0 Å². The van der Waals surface area contributed by atoms with E-state index in [1.54, 1.807) is 11.9 Å². The first-order valence-corrected chi connectivity index (χ1v) is 4.72. The molecule has 1 N–H and O–H groups in total. The highest BCUT2D eigenvalue weighted by molar-refractivity contribution is 5.73. The molecule has 0 bridgehead atoms. The molecule has 0 heterocycles. The van der Waals surface area contributed by atoms with Gasteiger partial charge in [0, 0.05) is 20.1 Å². The maximum atomic E-state index is 10.9. The van der Waals surface area contributed by atoms with Gasteiger partial charge in [-0.3, -0.25) is 0 Å². The lowest BCUT2D eigenvalue weighted by molar-refractivity contribution is 0.203. The number of rotatable bonds is 3. The van der Waals surface area contributed by atoms with Crippen LogP contribution in [0.2, 0.25) is 0 Å². The molecule has 0 atom stereocenters. The van der Waals surface area contributed by atoms with Crippen molar-refractivity contribution in [3.05, 3.63) is 0 Å². The van der Waals surface area contributed by atoms with Gasteiger partial charge in [-0.2, -0.15) is 0 Å². The van der Waals surface area contributed by atoms with E-state index in [1.807, 2.05) is 20.8 Å². The predicted molar refractivity (Wildman–Crippen MR) is 53.3 cm³/mol. The Balaban J connectivity index is 0. The summed E-state index contributed by atoms with van der Waals surface area (Å²) in [6, 6.07) is 0.0179. The van der Waals surface area contributed by atoms with Crippen molar-refractivity contribution in [2.24, 2.45) is 0 Å². The van der Waals surface area contributed by atoms with E-state index in [0.717, 1.165) is 19.5 Å². The predicted octanol–water partition coefficient (Wildman–Crippen LogP) is 2.08. The zero-order chi connectivity index (χ0) is 9.98. The molecule has 0 aromatic heterocycles. The SMILES string of the molecule is CC.CCCN(CC)C(=O)NC. The summed E-state index contributed by atoms with van der Waals surface area (Å²) in [6.45, 7) is 9.67. The molecule has 12 heavy (non-hydrogen) atoms. The van der Waals surface area contributed by atoms with Gasteiger partial charge >= 0.3 is 6.03 Å². The molecular weight excluding hydrogens is 152 g/mol. The maximum absolute atomic E-state index is 10.9. The van der Waals surface area contributed by atoms with Crippen molar-refractivity contribution < 1.29 is 4.79 Å². The molecule has 2 amide bonds. The number of urea groups is 1. The van der Waals surface area contributed by atoms with Gasteiger partial charge < -0.3 is 10.2 Å². The van der Waals surface area contributed by atoms with Crippen molar-refractivity contribution >= 4 is 6.03 Å². The molecule has 0 aliphatic rings. The maximum Gasteiger partial charge on any atom is 0.317 e. The minimum atomic E-state index is 0.0179. The van der Waals surface area contributed by atoms with Crippen LogP contribution in [0.3, 0.4) is 0 Å². The summed E-state index contributed by atoms with van der Waals surface area (Å²) < 4.78 is 0. The van der Waals surface area contributed by atoms with Crippen LogP contribution >= 0.6 is 0 Å². The van der Waals surface area contributed by atoms with Gasteiger partial charge in [-0.05, 0) is 13.3 Å². The molecule has 0 fully saturated rings. The summed E-state index contributed by atoms with van der Waals surface area (Å²) in [4.78, 5) is 12.7. The summed E-state index contributed by atoms with van der Waals surface area (Å²) in [5, 5.41) is 2.59. The van der Waals surface area contributed by atoms with Gasteiger partial charge in [0.2, 0.25) is 0 Å². The Morgan fingerprint density at radius 3 is 2.08 bits per heavy atom. The number of amides is 2. The average Bonchev–Trinajstić information content (AvgIpc) is 2.16. The van der Waals surface area contributed by atoms with Crippen molar-refractivity contribution in [1.82, 2.24) is 10.2 Å².